The van der Waals surface area contributed by atoms with Gasteiger partial charge in [-0.1, -0.05) is 48.2 Å². The van der Waals surface area contributed by atoms with Crippen LogP contribution in [0.15, 0.2) is 42.5 Å². The van der Waals surface area contributed by atoms with Crippen LogP contribution in [-0.4, -0.2) is 57.1 Å². The minimum atomic E-state index is -3.88. The van der Waals surface area contributed by atoms with Crippen molar-refractivity contribution >= 4 is 50.7 Å². The first-order valence-corrected chi connectivity index (χ1v) is 14.2. The van der Waals surface area contributed by atoms with Crippen LogP contribution in [0, 0.1) is 0 Å². The van der Waals surface area contributed by atoms with Gasteiger partial charge in [0.25, 0.3) is 0 Å². The third kappa shape index (κ3) is 7.51. The topological polar surface area (TPSA) is 96.0 Å². The number of sulfonamides is 1. The second-order valence-electron chi connectivity index (χ2n) is 8.94. The summed E-state index contributed by atoms with van der Waals surface area (Å²) in [5.41, 5.74) is 0.896. The number of amides is 2. The quantitative estimate of drug-likeness (QED) is 0.472. The average molecular weight is 557 g/mol. The molecule has 1 saturated carbocycles. The highest BCUT2D eigenvalue weighted by molar-refractivity contribution is 7.92. The van der Waals surface area contributed by atoms with Gasteiger partial charge in [-0.25, -0.2) is 8.42 Å². The first-order valence-electron chi connectivity index (χ1n) is 11.6. The van der Waals surface area contributed by atoms with E-state index in [0.717, 1.165) is 41.8 Å². The standard InChI is InChI=1S/C25H31Cl2N3O5S/c1-17(25(32)28-21-8-4-5-9-21)29(15-18-7-6-10-23(11-18)35-2)24(31)16-30(36(3,33)34)22-13-19(26)12-20(27)14-22/h6-7,10-14,17,21H,4-5,8-9,15-16H2,1-3H3,(H,28,32). The predicted octanol–water partition coefficient (Wildman–Crippen LogP) is 4.24. The van der Waals surface area contributed by atoms with Crippen molar-refractivity contribution in [2.75, 3.05) is 24.2 Å². The van der Waals surface area contributed by atoms with Gasteiger partial charge in [0.2, 0.25) is 21.8 Å². The van der Waals surface area contributed by atoms with Gasteiger partial charge in [-0.05, 0) is 55.7 Å². The predicted molar refractivity (Wildman–Crippen MR) is 142 cm³/mol. The van der Waals surface area contributed by atoms with Gasteiger partial charge in [-0.3, -0.25) is 13.9 Å². The van der Waals surface area contributed by atoms with E-state index < -0.39 is 28.5 Å². The van der Waals surface area contributed by atoms with E-state index in [9.17, 15) is 18.0 Å². The summed E-state index contributed by atoms with van der Waals surface area (Å²) in [5, 5.41) is 3.49. The van der Waals surface area contributed by atoms with Crippen molar-refractivity contribution in [2.24, 2.45) is 0 Å². The molecule has 196 valence electrons. The zero-order valence-electron chi connectivity index (χ0n) is 20.5. The maximum Gasteiger partial charge on any atom is 0.244 e. The molecule has 0 heterocycles. The molecule has 0 radical (unpaired) electrons. The Morgan fingerprint density at radius 1 is 1.11 bits per heavy atom. The number of carbonyl (C=O) groups is 2. The van der Waals surface area contributed by atoms with Crippen molar-refractivity contribution in [3.8, 4) is 5.75 Å². The number of methoxy groups -OCH3 is 1. The minimum absolute atomic E-state index is 0.0786. The number of rotatable bonds is 10. The Kier molecular flexibility index (Phi) is 9.49. The van der Waals surface area contributed by atoms with Gasteiger partial charge in [0.05, 0.1) is 19.1 Å². The number of hydrogen-bond donors (Lipinski definition) is 1. The molecule has 1 N–H and O–H groups in total. The van der Waals surface area contributed by atoms with E-state index in [0.29, 0.717) is 5.75 Å². The Balaban J connectivity index is 1.91. The van der Waals surface area contributed by atoms with Crippen LogP contribution in [0.25, 0.3) is 0 Å². The van der Waals surface area contributed by atoms with Crippen molar-refractivity contribution in [1.29, 1.82) is 0 Å². The number of halogens is 2. The highest BCUT2D eigenvalue weighted by Crippen LogP contribution is 2.27. The summed E-state index contributed by atoms with van der Waals surface area (Å²) in [6.07, 6.45) is 4.91. The molecule has 0 bridgehead atoms. The Labute approximate surface area is 222 Å². The van der Waals surface area contributed by atoms with Gasteiger partial charge in [0.15, 0.2) is 0 Å². The van der Waals surface area contributed by atoms with Gasteiger partial charge >= 0.3 is 0 Å². The number of benzene rings is 2. The Hall–Kier alpha value is -2.49. The van der Waals surface area contributed by atoms with E-state index >= 15 is 0 Å². The lowest BCUT2D eigenvalue weighted by Crippen LogP contribution is -2.52. The molecular weight excluding hydrogens is 525 g/mol. The molecule has 8 nitrogen and oxygen atoms in total. The van der Waals surface area contributed by atoms with E-state index in [1.807, 2.05) is 6.07 Å². The van der Waals surface area contributed by atoms with Crippen LogP contribution in [0.5, 0.6) is 5.75 Å². The highest BCUT2D eigenvalue weighted by Gasteiger charge is 2.31. The van der Waals surface area contributed by atoms with Crippen molar-refractivity contribution < 1.29 is 22.7 Å². The Morgan fingerprint density at radius 2 is 1.75 bits per heavy atom. The summed E-state index contributed by atoms with van der Waals surface area (Å²) >= 11 is 12.2. The van der Waals surface area contributed by atoms with Crippen LogP contribution < -0.4 is 14.4 Å². The molecule has 0 spiro atoms. The van der Waals surface area contributed by atoms with Crippen molar-refractivity contribution in [3.63, 3.8) is 0 Å². The molecule has 0 aliphatic heterocycles. The second kappa shape index (κ2) is 12.2. The maximum absolute atomic E-state index is 13.6. The molecule has 1 unspecified atom stereocenters. The van der Waals surface area contributed by atoms with Gasteiger partial charge < -0.3 is 15.0 Å². The molecule has 1 fully saturated rings. The lowest BCUT2D eigenvalue weighted by Gasteiger charge is -2.32. The van der Waals surface area contributed by atoms with Crippen LogP contribution in [-0.2, 0) is 26.2 Å². The normalized spacial score (nSPS) is 14.8. The zero-order chi connectivity index (χ0) is 26.5. The van der Waals surface area contributed by atoms with Gasteiger partial charge in [-0.2, -0.15) is 0 Å². The van der Waals surface area contributed by atoms with E-state index in [-0.39, 0.29) is 34.2 Å². The van der Waals surface area contributed by atoms with Crippen molar-refractivity contribution in [3.05, 3.63) is 58.1 Å². The fourth-order valence-electron chi connectivity index (χ4n) is 4.24. The van der Waals surface area contributed by atoms with Gasteiger partial charge in [-0.15, -0.1) is 0 Å². The van der Waals surface area contributed by atoms with Gasteiger partial charge in [0, 0.05) is 22.6 Å². The molecule has 2 amide bonds. The summed E-state index contributed by atoms with van der Waals surface area (Å²) in [5.74, 6) is -0.224. The zero-order valence-corrected chi connectivity index (χ0v) is 22.9. The van der Waals surface area contributed by atoms with Gasteiger partial charge in [0.1, 0.15) is 18.3 Å². The lowest BCUT2D eigenvalue weighted by molar-refractivity contribution is -0.139. The number of hydrogen-bond acceptors (Lipinski definition) is 5. The lowest BCUT2D eigenvalue weighted by atomic mass is 10.1. The number of ether oxygens (including phenoxy) is 1. The average Bonchev–Trinajstić information content (AvgIpc) is 3.32. The molecule has 2 aromatic rings. The Morgan fingerprint density at radius 3 is 2.33 bits per heavy atom. The third-order valence-corrected chi connectivity index (χ3v) is 7.75. The molecule has 2 aromatic carbocycles. The molecule has 1 atom stereocenters. The van der Waals surface area contributed by atoms with Crippen molar-refractivity contribution in [1.82, 2.24) is 10.2 Å². The molecule has 0 saturated heterocycles. The molecule has 11 heteroatoms. The summed E-state index contributed by atoms with van der Waals surface area (Å²) in [7, 11) is -2.34. The summed E-state index contributed by atoms with van der Waals surface area (Å²) in [6.45, 7) is 1.20. The van der Waals surface area contributed by atoms with E-state index in [1.54, 1.807) is 32.2 Å². The first kappa shape index (κ1) is 28.1. The van der Waals surface area contributed by atoms with Crippen LogP contribution in [0.2, 0.25) is 10.0 Å². The van der Waals surface area contributed by atoms with Crippen LogP contribution >= 0.6 is 23.2 Å². The molecule has 1 aliphatic carbocycles. The summed E-state index contributed by atoms with van der Waals surface area (Å²) in [4.78, 5) is 28.1. The smallest absolute Gasteiger partial charge is 0.244 e. The summed E-state index contributed by atoms with van der Waals surface area (Å²) in [6, 6.07) is 10.7. The number of carbonyl (C=O) groups excluding carboxylic acids is 2. The van der Waals surface area contributed by atoms with E-state index in [4.69, 9.17) is 27.9 Å². The third-order valence-electron chi connectivity index (χ3n) is 6.17. The molecule has 36 heavy (non-hydrogen) atoms. The first-order chi connectivity index (χ1) is 17.0. The van der Waals surface area contributed by atoms with E-state index in [2.05, 4.69) is 5.32 Å². The van der Waals surface area contributed by atoms with Crippen molar-refractivity contribution in [2.45, 2.75) is 51.2 Å². The second-order valence-corrected chi connectivity index (χ2v) is 11.7. The largest absolute Gasteiger partial charge is 0.497 e. The molecule has 3 rings (SSSR count). The van der Waals surface area contributed by atoms with Crippen LogP contribution in [0.3, 0.4) is 0 Å². The fourth-order valence-corrected chi connectivity index (χ4v) is 5.59. The monoisotopic (exact) mass is 555 g/mol. The number of nitrogens with zero attached hydrogens (tertiary/aromatic N) is 2. The van der Waals surface area contributed by atoms with Crippen LogP contribution in [0.4, 0.5) is 5.69 Å². The molecule has 1 aliphatic rings. The SMILES string of the molecule is COc1cccc(CN(C(=O)CN(c2cc(Cl)cc(Cl)c2)S(C)(=O)=O)C(C)C(=O)NC2CCCC2)c1. The summed E-state index contributed by atoms with van der Waals surface area (Å²) < 4.78 is 31.5. The highest BCUT2D eigenvalue weighted by atomic mass is 35.5. The fraction of sp³-hybridized carbons (Fsp3) is 0.440. The molecule has 0 aromatic heterocycles. The van der Waals surface area contributed by atoms with E-state index in [1.165, 1.54) is 23.1 Å². The Bertz CT molecular complexity index is 1180. The maximum atomic E-state index is 13.6. The molecular formula is C25H31Cl2N3O5S. The number of nitrogens with one attached hydrogen (secondary N) is 1. The minimum Gasteiger partial charge on any atom is -0.497 e. The number of anilines is 1. The van der Waals surface area contributed by atoms with Crippen LogP contribution in [0.1, 0.15) is 38.2 Å².